The van der Waals surface area contributed by atoms with Crippen molar-refractivity contribution in [3.05, 3.63) is 23.9 Å². The number of likely N-dealkylation sites (tertiary alicyclic amines) is 1. The smallest absolute Gasteiger partial charge is 0.128 e. The summed E-state index contributed by atoms with van der Waals surface area (Å²) in [4.78, 5) is 9.12. The van der Waals surface area contributed by atoms with Crippen molar-refractivity contribution in [1.82, 2.24) is 9.88 Å². The lowest BCUT2D eigenvalue weighted by Crippen LogP contribution is -2.34. The second kappa shape index (κ2) is 6.16. The molecule has 1 aromatic rings. The second-order valence-electron chi connectivity index (χ2n) is 5.04. The number of anilines is 1. The Kier molecular flexibility index (Phi) is 4.55. The van der Waals surface area contributed by atoms with Gasteiger partial charge in [-0.3, -0.25) is 4.90 Å². The Morgan fingerprint density at radius 1 is 1.50 bits per heavy atom. The number of hydrogen-bond acceptors (Lipinski definition) is 4. The van der Waals surface area contributed by atoms with Crippen LogP contribution < -0.4 is 10.6 Å². The van der Waals surface area contributed by atoms with E-state index < -0.39 is 0 Å². The highest BCUT2D eigenvalue weighted by Gasteiger charge is 2.22. The summed E-state index contributed by atoms with van der Waals surface area (Å²) in [6.45, 7) is 6.02. The van der Waals surface area contributed by atoms with E-state index in [1.807, 2.05) is 6.20 Å². The highest BCUT2D eigenvalue weighted by molar-refractivity contribution is 5.37. The molecule has 1 atom stereocenters. The van der Waals surface area contributed by atoms with E-state index in [0.29, 0.717) is 6.04 Å². The first-order valence-electron chi connectivity index (χ1n) is 6.84. The number of hydrogen-bond donors (Lipinski definition) is 1. The lowest BCUT2D eigenvalue weighted by molar-refractivity contribution is 0.250. The van der Waals surface area contributed by atoms with Gasteiger partial charge in [0.15, 0.2) is 0 Å². The summed E-state index contributed by atoms with van der Waals surface area (Å²) in [6.07, 6.45) is 4.50. The summed E-state index contributed by atoms with van der Waals surface area (Å²) >= 11 is 0. The van der Waals surface area contributed by atoms with Crippen molar-refractivity contribution < 1.29 is 0 Å². The lowest BCUT2D eigenvalue weighted by Gasteiger charge is -2.23. The molecule has 2 rings (SSSR count). The van der Waals surface area contributed by atoms with Gasteiger partial charge >= 0.3 is 0 Å². The number of nitrogens with two attached hydrogens (primary N) is 1. The van der Waals surface area contributed by atoms with Gasteiger partial charge in [-0.2, -0.15) is 0 Å². The van der Waals surface area contributed by atoms with E-state index in [4.69, 9.17) is 5.73 Å². The van der Waals surface area contributed by atoms with E-state index in [1.165, 1.54) is 24.9 Å². The zero-order valence-corrected chi connectivity index (χ0v) is 11.5. The van der Waals surface area contributed by atoms with Gasteiger partial charge in [-0.05, 0) is 37.9 Å². The zero-order chi connectivity index (χ0) is 13.0. The van der Waals surface area contributed by atoms with Gasteiger partial charge in [0.2, 0.25) is 0 Å². The van der Waals surface area contributed by atoms with Crippen molar-refractivity contribution in [3.8, 4) is 0 Å². The van der Waals surface area contributed by atoms with Gasteiger partial charge in [-0.25, -0.2) is 4.98 Å². The number of rotatable bonds is 5. The molecule has 2 N–H and O–H groups in total. The van der Waals surface area contributed by atoms with Crippen LogP contribution in [0.3, 0.4) is 0 Å². The molecule has 0 spiro atoms. The Hall–Kier alpha value is -1.13. The first-order chi connectivity index (χ1) is 8.74. The molecule has 0 radical (unpaired) electrons. The molecule has 1 unspecified atom stereocenters. The summed E-state index contributed by atoms with van der Waals surface area (Å²) in [5.74, 6) is 1.04. The first-order valence-corrected chi connectivity index (χ1v) is 6.84. The Morgan fingerprint density at radius 2 is 2.33 bits per heavy atom. The predicted molar refractivity (Wildman–Crippen MR) is 75.7 cm³/mol. The highest BCUT2D eigenvalue weighted by atomic mass is 15.2. The third kappa shape index (κ3) is 3.00. The van der Waals surface area contributed by atoms with Crippen molar-refractivity contribution in [1.29, 1.82) is 0 Å². The predicted octanol–water partition coefficient (Wildman–Crippen LogP) is 1.46. The van der Waals surface area contributed by atoms with E-state index in [0.717, 1.165) is 25.5 Å². The average Bonchev–Trinajstić information content (AvgIpc) is 2.86. The molecule has 0 aromatic carbocycles. The van der Waals surface area contributed by atoms with E-state index >= 15 is 0 Å². The average molecular weight is 248 g/mol. The fourth-order valence-corrected chi connectivity index (χ4v) is 2.50. The summed E-state index contributed by atoms with van der Waals surface area (Å²) < 4.78 is 0. The molecule has 1 aromatic heterocycles. The molecular formula is C14H24N4. The van der Waals surface area contributed by atoms with Crippen LogP contribution in [0.25, 0.3) is 0 Å². The number of aromatic nitrogens is 1. The van der Waals surface area contributed by atoms with Crippen LogP contribution in [0, 0.1) is 0 Å². The molecule has 18 heavy (non-hydrogen) atoms. The van der Waals surface area contributed by atoms with Crippen LogP contribution in [-0.4, -0.2) is 42.6 Å². The third-order valence-corrected chi connectivity index (χ3v) is 3.83. The summed E-state index contributed by atoms with van der Waals surface area (Å²) in [6, 6.07) is 4.84. The fourth-order valence-electron chi connectivity index (χ4n) is 2.50. The molecule has 1 aliphatic rings. The molecule has 1 saturated heterocycles. The minimum Gasteiger partial charge on any atom is -0.360 e. The SMILES string of the molecule is CCN(C)c1ccc(CN2CCCC2CN)cn1. The monoisotopic (exact) mass is 248 g/mol. The number of pyridine rings is 1. The zero-order valence-electron chi connectivity index (χ0n) is 11.5. The van der Waals surface area contributed by atoms with Crippen LogP contribution in [0.5, 0.6) is 0 Å². The van der Waals surface area contributed by atoms with Gasteiger partial charge in [0.05, 0.1) is 0 Å². The summed E-state index contributed by atoms with van der Waals surface area (Å²) in [7, 11) is 2.06. The van der Waals surface area contributed by atoms with Gasteiger partial charge < -0.3 is 10.6 Å². The molecule has 1 fully saturated rings. The third-order valence-electron chi connectivity index (χ3n) is 3.83. The largest absolute Gasteiger partial charge is 0.360 e. The maximum absolute atomic E-state index is 5.80. The van der Waals surface area contributed by atoms with Crippen molar-refractivity contribution >= 4 is 5.82 Å². The Labute approximate surface area is 110 Å². The van der Waals surface area contributed by atoms with E-state index in [-0.39, 0.29) is 0 Å². The summed E-state index contributed by atoms with van der Waals surface area (Å²) in [5, 5.41) is 0. The van der Waals surface area contributed by atoms with E-state index in [2.05, 4.69) is 40.9 Å². The maximum atomic E-state index is 5.80. The van der Waals surface area contributed by atoms with Crippen molar-refractivity contribution in [3.63, 3.8) is 0 Å². The first kappa shape index (κ1) is 13.3. The van der Waals surface area contributed by atoms with E-state index in [1.54, 1.807) is 0 Å². The molecule has 4 nitrogen and oxygen atoms in total. The van der Waals surface area contributed by atoms with Gasteiger partial charge in [-0.1, -0.05) is 6.07 Å². The van der Waals surface area contributed by atoms with Gasteiger partial charge in [0.1, 0.15) is 5.82 Å². The standard InChI is InChI=1S/C14H24N4/c1-3-17(2)14-7-6-12(10-16-14)11-18-8-4-5-13(18)9-15/h6-7,10,13H,3-5,8-9,11,15H2,1-2H3. The molecule has 1 aliphatic heterocycles. The molecule has 0 amide bonds. The van der Waals surface area contributed by atoms with Gasteiger partial charge in [-0.15, -0.1) is 0 Å². The Morgan fingerprint density at radius 3 is 2.94 bits per heavy atom. The molecule has 0 bridgehead atoms. The molecular weight excluding hydrogens is 224 g/mol. The molecule has 100 valence electrons. The molecule has 4 heteroatoms. The van der Waals surface area contributed by atoms with E-state index in [9.17, 15) is 0 Å². The quantitative estimate of drug-likeness (QED) is 0.857. The van der Waals surface area contributed by atoms with Crippen LogP contribution in [0.2, 0.25) is 0 Å². The van der Waals surface area contributed by atoms with Crippen LogP contribution in [0.15, 0.2) is 18.3 Å². The Balaban J connectivity index is 1.97. The van der Waals surface area contributed by atoms with Crippen LogP contribution in [0.1, 0.15) is 25.3 Å². The topological polar surface area (TPSA) is 45.4 Å². The molecule has 0 aliphatic carbocycles. The minimum atomic E-state index is 0.558. The number of nitrogens with zero attached hydrogens (tertiary/aromatic N) is 3. The summed E-state index contributed by atoms with van der Waals surface area (Å²) in [5.41, 5.74) is 7.08. The fraction of sp³-hybridized carbons (Fsp3) is 0.643. The Bertz CT molecular complexity index is 363. The molecule has 0 saturated carbocycles. The van der Waals surface area contributed by atoms with Crippen LogP contribution >= 0.6 is 0 Å². The van der Waals surface area contributed by atoms with Crippen molar-refractivity contribution in [2.75, 3.05) is 31.6 Å². The van der Waals surface area contributed by atoms with Crippen molar-refractivity contribution in [2.24, 2.45) is 5.73 Å². The lowest BCUT2D eigenvalue weighted by atomic mass is 10.2. The maximum Gasteiger partial charge on any atom is 0.128 e. The molecule has 2 heterocycles. The van der Waals surface area contributed by atoms with Crippen LogP contribution in [0.4, 0.5) is 5.82 Å². The highest BCUT2D eigenvalue weighted by Crippen LogP contribution is 2.19. The minimum absolute atomic E-state index is 0.558. The van der Waals surface area contributed by atoms with Gasteiger partial charge in [0.25, 0.3) is 0 Å². The van der Waals surface area contributed by atoms with Crippen LogP contribution in [-0.2, 0) is 6.54 Å². The van der Waals surface area contributed by atoms with Gasteiger partial charge in [0, 0.05) is 38.9 Å². The van der Waals surface area contributed by atoms with Crippen molar-refractivity contribution in [2.45, 2.75) is 32.4 Å². The normalized spacial score (nSPS) is 20.3. The second-order valence-corrected chi connectivity index (χ2v) is 5.04.